The van der Waals surface area contributed by atoms with Crippen molar-refractivity contribution in [3.05, 3.63) is 29.1 Å². The summed E-state index contributed by atoms with van der Waals surface area (Å²) in [7, 11) is -1.67. The molecule has 1 spiro atoms. The maximum atomic E-state index is 14.2. The standard InChI is InChI=1S/C21H31FN6O2S/c1-13(2)16-8-15(22)9-17(14(3)4)18(16)23-19-24-20(26-25-19)31(29,30)28-11-21(12-28)6-7-27(5)10-21/h8-9,13-14H,6-7,10-12H2,1-5H3,(H2,23,24,25,26). The maximum Gasteiger partial charge on any atom is 0.278 e. The molecule has 2 aliphatic heterocycles. The summed E-state index contributed by atoms with van der Waals surface area (Å²) in [6.07, 6.45) is 1.01. The Morgan fingerprint density at radius 1 is 1.13 bits per heavy atom. The third kappa shape index (κ3) is 4.08. The molecule has 0 bridgehead atoms. The van der Waals surface area contributed by atoms with Gasteiger partial charge in [0.2, 0.25) is 5.95 Å². The summed E-state index contributed by atoms with van der Waals surface area (Å²) in [6, 6.07) is 3.00. The van der Waals surface area contributed by atoms with Crippen LogP contribution in [-0.4, -0.2) is 66.0 Å². The van der Waals surface area contributed by atoms with Crippen molar-refractivity contribution < 1.29 is 12.8 Å². The predicted octanol–water partition coefficient (Wildman–Crippen LogP) is 3.26. The third-order valence-corrected chi connectivity index (χ3v) is 7.96. The molecule has 1 aromatic heterocycles. The lowest BCUT2D eigenvalue weighted by atomic mass is 9.81. The van der Waals surface area contributed by atoms with Crippen molar-refractivity contribution in [3.63, 3.8) is 0 Å². The first-order valence-corrected chi connectivity index (χ1v) is 12.2. The summed E-state index contributed by atoms with van der Waals surface area (Å²) in [5, 5.41) is 9.63. The third-order valence-electron chi connectivity index (χ3n) is 6.35. The molecule has 4 rings (SSSR count). The molecule has 2 fully saturated rings. The second-order valence-electron chi connectivity index (χ2n) is 9.62. The summed E-state index contributed by atoms with van der Waals surface area (Å²) < 4.78 is 41.6. The van der Waals surface area contributed by atoms with Crippen molar-refractivity contribution in [2.45, 2.75) is 51.1 Å². The monoisotopic (exact) mass is 450 g/mol. The maximum absolute atomic E-state index is 14.2. The quantitative estimate of drug-likeness (QED) is 0.702. The van der Waals surface area contributed by atoms with E-state index in [1.54, 1.807) is 0 Å². The van der Waals surface area contributed by atoms with E-state index in [0.717, 1.165) is 36.3 Å². The minimum absolute atomic E-state index is 0.0648. The number of H-pyrrole nitrogens is 1. The van der Waals surface area contributed by atoms with E-state index in [2.05, 4.69) is 32.4 Å². The van der Waals surface area contributed by atoms with E-state index in [4.69, 9.17) is 0 Å². The highest BCUT2D eigenvalue weighted by Gasteiger charge is 2.51. The number of sulfonamides is 1. The van der Waals surface area contributed by atoms with E-state index in [0.29, 0.717) is 13.1 Å². The fourth-order valence-electron chi connectivity index (χ4n) is 4.65. The van der Waals surface area contributed by atoms with Gasteiger partial charge < -0.3 is 10.2 Å². The van der Waals surface area contributed by atoms with Crippen LogP contribution in [0.4, 0.5) is 16.0 Å². The summed E-state index contributed by atoms with van der Waals surface area (Å²) in [5.74, 6) is 0.00428. The van der Waals surface area contributed by atoms with Crippen LogP contribution in [-0.2, 0) is 10.0 Å². The SMILES string of the molecule is CC(C)c1cc(F)cc(C(C)C)c1Nc1n[nH]c(S(=O)(=O)N2CC3(CCN(C)C3)C2)n1. The molecule has 2 aromatic rings. The number of halogens is 1. The number of anilines is 2. The van der Waals surface area contributed by atoms with Crippen LogP contribution in [0.25, 0.3) is 0 Å². The van der Waals surface area contributed by atoms with Crippen molar-refractivity contribution in [1.29, 1.82) is 0 Å². The Morgan fingerprint density at radius 2 is 1.74 bits per heavy atom. The van der Waals surface area contributed by atoms with E-state index in [9.17, 15) is 12.8 Å². The minimum Gasteiger partial charge on any atom is -0.322 e. The molecule has 8 nitrogen and oxygen atoms in total. The Kier molecular flexibility index (Phi) is 5.60. The predicted molar refractivity (Wildman–Crippen MR) is 118 cm³/mol. The van der Waals surface area contributed by atoms with Crippen molar-refractivity contribution in [3.8, 4) is 0 Å². The Bertz CT molecular complexity index is 1050. The van der Waals surface area contributed by atoms with Gasteiger partial charge in [-0.25, -0.2) is 17.9 Å². The first-order valence-electron chi connectivity index (χ1n) is 10.7. The number of benzene rings is 1. The van der Waals surface area contributed by atoms with Crippen molar-refractivity contribution in [2.75, 3.05) is 38.5 Å². The van der Waals surface area contributed by atoms with E-state index in [1.807, 2.05) is 27.7 Å². The number of hydrogen-bond donors (Lipinski definition) is 2. The van der Waals surface area contributed by atoms with Crippen LogP contribution in [0.3, 0.4) is 0 Å². The molecule has 0 amide bonds. The zero-order valence-corrected chi connectivity index (χ0v) is 19.6. The highest BCUT2D eigenvalue weighted by molar-refractivity contribution is 7.89. The molecule has 1 aromatic carbocycles. The Balaban J connectivity index is 1.56. The molecule has 31 heavy (non-hydrogen) atoms. The number of hydrogen-bond acceptors (Lipinski definition) is 6. The molecule has 0 aliphatic carbocycles. The zero-order chi connectivity index (χ0) is 22.6. The highest BCUT2D eigenvalue weighted by Crippen LogP contribution is 2.41. The number of aromatic nitrogens is 3. The first kappa shape index (κ1) is 22.2. The van der Waals surface area contributed by atoms with Crippen molar-refractivity contribution in [1.82, 2.24) is 24.4 Å². The molecule has 2 N–H and O–H groups in total. The van der Waals surface area contributed by atoms with Gasteiger partial charge in [0.15, 0.2) is 0 Å². The molecule has 2 saturated heterocycles. The number of nitrogens with one attached hydrogen (secondary N) is 2. The average molecular weight is 451 g/mol. The lowest BCUT2D eigenvalue weighted by Gasteiger charge is -2.46. The Morgan fingerprint density at radius 3 is 2.26 bits per heavy atom. The van der Waals surface area contributed by atoms with Gasteiger partial charge in [0.1, 0.15) is 5.82 Å². The molecular formula is C21H31FN6O2S. The van der Waals surface area contributed by atoms with Gasteiger partial charge in [-0.3, -0.25) is 0 Å². The smallest absolute Gasteiger partial charge is 0.278 e. The Labute approximate surface area is 183 Å². The normalized spacial score (nSPS) is 19.5. The molecule has 0 atom stereocenters. The van der Waals surface area contributed by atoms with Crippen LogP contribution in [0.15, 0.2) is 17.3 Å². The minimum atomic E-state index is -3.73. The van der Waals surface area contributed by atoms with E-state index >= 15 is 0 Å². The van der Waals surface area contributed by atoms with Gasteiger partial charge in [0.05, 0.1) is 0 Å². The van der Waals surface area contributed by atoms with Gasteiger partial charge in [-0.1, -0.05) is 27.7 Å². The number of rotatable bonds is 6. The number of nitrogens with zero attached hydrogens (tertiary/aromatic N) is 4. The van der Waals surface area contributed by atoms with E-state index in [1.165, 1.54) is 16.4 Å². The van der Waals surface area contributed by atoms with Crippen LogP contribution in [0.5, 0.6) is 0 Å². The van der Waals surface area contributed by atoms with Gasteiger partial charge in [-0.2, -0.15) is 9.29 Å². The average Bonchev–Trinajstić information content (AvgIpc) is 3.28. The summed E-state index contributed by atoms with van der Waals surface area (Å²) in [6.45, 7) is 10.9. The van der Waals surface area contributed by atoms with Gasteiger partial charge in [-0.05, 0) is 55.1 Å². The van der Waals surface area contributed by atoms with E-state index < -0.39 is 10.0 Å². The van der Waals surface area contributed by atoms with Crippen LogP contribution in [0.1, 0.15) is 57.1 Å². The van der Waals surface area contributed by atoms with Gasteiger partial charge in [0.25, 0.3) is 15.2 Å². The highest BCUT2D eigenvalue weighted by atomic mass is 32.2. The van der Waals surface area contributed by atoms with Crippen molar-refractivity contribution >= 4 is 21.7 Å². The molecule has 3 heterocycles. The first-order chi connectivity index (χ1) is 14.5. The lowest BCUT2D eigenvalue weighted by molar-refractivity contribution is 0.0807. The Hall–Kier alpha value is -2.04. The fourth-order valence-corrected chi connectivity index (χ4v) is 6.14. The van der Waals surface area contributed by atoms with Crippen LogP contribution >= 0.6 is 0 Å². The molecule has 0 unspecified atom stereocenters. The van der Waals surface area contributed by atoms with E-state index in [-0.39, 0.29) is 34.2 Å². The van der Waals surface area contributed by atoms with Gasteiger partial charge >= 0.3 is 0 Å². The zero-order valence-electron chi connectivity index (χ0n) is 18.7. The number of aromatic amines is 1. The summed E-state index contributed by atoms with van der Waals surface area (Å²) in [5.41, 5.74) is 2.39. The molecule has 0 saturated carbocycles. The topological polar surface area (TPSA) is 94.2 Å². The van der Waals surface area contributed by atoms with Gasteiger partial charge in [-0.15, -0.1) is 5.10 Å². The summed E-state index contributed by atoms with van der Waals surface area (Å²) in [4.78, 5) is 6.46. The molecule has 2 aliphatic rings. The van der Waals surface area contributed by atoms with Crippen LogP contribution in [0, 0.1) is 11.2 Å². The molecule has 10 heteroatoms. The van der Waals surface area contributed by atoms with Crippen molar-refractivity contribution in [2.24, 2.45) is 5.41 Å². The van der Waals surface area contributed by atoms with Gasteiger partial charge in [0, 0.05) is 30.7 Å². The largest absolute Gasteiger partial charge is 0.322 e. The molecule has 170 valence electrons. The summed E-state index contributed by atoms with van der Waals surface area (Å²) >= 11 is 0. The second kappa shape index (κ2) is 7.83. The fraction of sp³-hybridized carbons (Fsp3) is 0.619. The van der Waals surface area contributed by atoms with Crippen LogP contribution in [0.2, 0.25) is 0 Å². The number of likely N-dealkylation sites (tertiary alicyclic amines) is 1. The molecule has 0 radical (unpaired) electrons. The van der Waals surface area contributed by atoms with Crippen LogP contribution < -0.4 is 5.32 Å². The lowest BCUT2D eigenvalue weighted by Crippen LogP contribution is -2.59. The molecular weight excluding hydrogens is 419 g/mol. The second-order valence-corrected chi connectivity index (χ2v) is 11.5.